The second-order valence-corrected chi connectivity index (χ2v) is 8.44. The number of hydrogen-bond acceptors (Lipinski definition) is 8. The zero-order chi connectivity index (χ0) is 23.7. The molecule has 0 spiro atoms. The molecular formula is C25H28N6O3. The van der Waals surface area contributed by atoms with Gasteiger partial charge in [-0.05, 0) is 31.3 Å². The van der Waals surface area contributed by atoms with E-state index in [1.165, 1.54) is 0 Å². The lowest BCUT2D eigenvalue weighted by atomic mass is 10.1. The molecule has 0 atom stereocenters. The lowest BCUT2D eigenvalue weighted by Gasteiger charge is -2.33. The lowest BCUT2D eigenvalue weighted by molar-refractivity contribution is 0.0996. The number of ether oxygens (including phenoxy) is 2. The van der Waals surface area contributed by atoms with Gasteiger partial charge in [-0.2, -0.15) is 0 Å². The highest BCUT2D eigenvalue weighted by Gasteiger charge is 2.33. The molecule has 0 unspecified atom stereocenters. The van der Waals surface area contributed by atoms with Gasteiger partial charge in [0.05, 0.1) is 55.8 Å². The van der Waals surface area contributed by atoms with Crippen molar-refractivity contribution in [2.45, 2.75) is 6.54 Å². The molecule has 9 nitrogen and oxygen atoms in total. The predicted molar refractivity (Wildman–Crippen MR) is 132 cm³/mol. The molecule has 0 saturated carbocycles. The Morgan fingerprint density at radius 1 is 0.971 bits per heavy atom. The molecule has 1 amide bonds. The Balaban J connectivity index is 1.38. The zero-order valence-electron chi connectivity index (χ0n) is 19.6. The minimum Gasteiger partial charge on any atom is -0.493 e. The quantitative estimate of drug-likeness (QED) is 0.601. The molecule has 1 aromatic carbocycles. The van der Waals surface area contributed by atoms with Gasteiger partial charge in [-0.3, -0.25) is 9.78 Å². The third-order valence-corrected chi connectivity index (χ3v) is 6.36. The Morgan fingerprint density at radius 3 is 2.50 bits per heavy atom. The van der Waals surface area contributed by atoms with Crippen molar-refractivity contribution in [2.75, 3.05) is 62.6 Å². The second-order valence-electron chi connectivity index (χ2n) is 8.44. The Bertz CT molecular complexity index is 1190. The van der Waals surface area contributed by atoms with Crippen LogP contribution in [-0.4, -0.2) is 68.2 Å². The van der Waals surface area contributed by atoms with Gasteiger partial charge in [0.25, 0.3) is 5.91 Å². The predicted octanol–water partition coefficient (Wildman–Crippen LogP) is 3.15. The molecule has 0 radical (unpaired) electrons. The first-order valence-corrected chi connectivity index (χ1v) is 11.3. The van der Waals surface area contributed by atoms with Crippen molar-refractivity contribution in [1.29, 1.82) is 0 Å². The molecule has 1 saturated heterocycles. The summed E-state index contributed by atoms with van der Waals surface area (Å²) in [6, 6.07) is 9.50. The molecule has 1 N–H and O–H groups in total. The van der Waals surface area contributed by atoms with Crippen LogP contribution in [0.5, 0.6) is 11.5 Å². The fourth-order valence-corrected chi connectivity index (χ4v) is 4.48. The van der Waals surface area contributed by atoms with E-state index in [4.69, 9.17) is 9.47 Å². The van der Waals surface area contributed by atoms with Gasteiger partial charge < -0.3 is 29.5 Å². The van der Waals surface area contributed by atoms with Crippen LogP contribution in [0, 0.1) is 0 Å². The van der Waals surface area contributed by atoms with Gasteiger partial charge in [0, 0.05) is 37.9 Å². The molecule has 176 valence electrons. The fourth-order valence-electron chi connectivity index (χ4n) is 4.48. The number of rotatable bonds is 6. The number of anilines is 4. The summed E-state index contributed by atoms with van der Waals surface area (Å²) in [5, 5.41) is 3.29. The lowest BCUT2D eigenvalue weighted by Crippen LogP contribution is -2.44. The van der Waals surface area contributed by atoms with Crippen LogP contribution in [0.3, 0.4) is 0 Å². The number of likely N-dealkylation sites (N-methyl/N-ethyl adjacent to an activating group) is 1. The molecule has 9 heteroatoms. The monoisotopic (exact) mass is 460 g/mol. The van der Waals surface area contributed by atoms with Gasteiger partial charge in [0.2, 0.25) is 0 Å². The van der Waals surface area contributed by atoms with E-state index in [2.05, 4.69) is 38.2 Å². The van der Waals surface area contributed by atoms with Crippen LogP contribution in [0.2, 0.25) is 0 Å². The number of pyridine rings is 2. The van der Waals surface area contributed by atoms with E-state index in [1.807, 2.05) is 30.5 Å². The van der Waals surface area contributed by atoms with Crippen LogP contribution in [0.15, 0.2) is 48.9 Å². The number of aromatic nitrogens is 2. The number of carbonyl (C=O) groups excluding carboxylic acids is 1. The third kappa shape index (κ3) is 3.99. The van der Waals surface area contributed by atoms with Gasteiger partial charge in [-0.1, -0.05) is 6.07 Å². The molecule has 2 aliphatic rings. The van der Waals surface area contributed by atoms with Gasteiger partial charge >= 0.3 is 0 Å². The number of para-hydroxylation sites is 1. The van der Waals surface area contributed by atoms with Gasteiger partial charge in [-0.15, -0.1) is 0 Å². The summed E-state index contributed by atoms with van der Waals surface area (Å²) in [6.07, 6.45) is 5.27. The first kappa shape index (κ1) is 22.0. The maximum atomic E-state index is 13.5. The van der Waals surface area contributed by atoms with Crippen LogP contribution in [0.1, 0.15) is 15.9 Å². The first-order chi connectivity index (χ1) is 16.6. The van der Waals surface area contributed by atoms with Crippen molar-refractivity contribution >= 4 is 28.8 Å². The Labute approximate surface area is 198 Å². The van der Waals surface area contributed by atoms with Crippen molar-refractivity contribution in [3.05, 3.63) is 60.0 Å². The molecule has 0 bridgehead atoms. The molecule has 4 heterocycles. The Hall–Kier alpha value is -3.85. The average molecular weight is 461 g/mol. The molecule has 5 rings (SSSR count). The number of carbonyl (C=O) groups is 1. The number of benzene rings is 1. The average Bonchev–Trinajstić information content (AvgIpc) is 3.21. The van der Waals surface area contributed by atoms with Crippen LogP contribution in [0.4, 0.5) is 22.9 Å². The molecule has 2 aromatic heterocycles. The highest BCUT2D eigenvalue weighted by atomic mass is 16.5. The van der Waals surface area contributed by atoms with Crippen LogP contribution < -0.4 is 24.6 Å². The molecule has 0 aliphatic carbocycles. The maximum Gasteiger partial charge on any atom is 0.261 e. The van der Waals surface area contributed by atoms with Crippen LogP contribution >= 0.6 is 0 Å². The van der Waals surface area contributed by atoms with Gasteiger partial charge in [0.15, 0.2) is 11.5 Å². The van der Waals surface area contributed by atoms with E-state index in [0.29, 0.717) is 40.8 Å². The Morgan fingerprint density at radius 2 is 1.79 bits per heavy atom. The highest BCUT2D eigenvalue weighted by molar-refractivity contribution is 6.14. The summed E-state index contributed by atoms with van der Waals surface area (Å²) >= 11 is 0. The summed E-state index contributed by atoms with van der Waals surface area (Å²) in [4.78, 5) is 28.8. The molecule has 1 fully saturated rings. The zero-order valence-corrected chi connectivity index (χ0v) is 19.6. The number of hydrogen-bond donors (Lipinski definition) is 1. The number of fused-ring (bicyclic) bond motifs is 1. The second kappa shape index (κ2) is 9.18. The third-order valence-electron chi connectivity index (χ3n) is 6.36. The van der Waals surface area contributed by atoms with Crippen molar-refractivity contribution in [3.8, 4) is 11.5 Å². The van der Waals surface area contributed by atoms with Crippen molar-refractivity contribution in [3.63, 3.8) is 0 Å². The van der Waals surface area contributed by atoms with Crippen molar-refractivity contribution in [1.82, 2.24) is 14.9 Å². The molecule has 34 heavy (non-hydrogen) atoms. The van der Waals surface area contributed by atoms with Crippen molar-refractivity contribution < 1.29 is 14.3 Å². The van der Waals surface area contributed by atoms with Crippen LogP contribution in [-0.2, 0) is 6.54 Å². The first-order valence-electron chi connectivity index (χ1n) is 11.3. The van der Waals surface area contributed by atoms with Crippen molar-refractivity contribution in [2.24, 2.45) is 0 Å². The van der Waals surface area contributed by atoms with E-state index >= 15 is 0 Å². The van der Waals surface area contributed by atoms with E-state index in [0.717, 1.165) is 37.4 Å². The number of nitrogens with zero attached hydrogens (tertiary/aromatic N) is 5. The van der Waals surface area contributed by atoms with Gasteiger partial charge in [0.1, 0.15) is 5.82 Å². The summed E-state index contributed by atoms with van der Waals surface area (Å²) in [6.45, 7) is 4.45. The van der Waals surface area contributed by atoms with E-state index in [-0.39, 0.29) is 5.91 Å². The SMILES string of the molecule is COc1cccc(N2Cc3cncc(Nc4ccc(N5CCN(C)CC5)cn4)c3C2=O)c1OC. The smallest absolute Gasteiger partial charge is 0.261 e. The maximum absolute atomic E-state index is 13.5. The van der Waals surface area contributed by atoms with Gasteiger partial charge in [-0.25, -0.2) is 4.98 Å². The van der Waals surface area contributed by atoms with Crippen LogP contribution in [0.25, 0.3) is 0 Å². The number of piperazine rings is 1. The summed E-state index contributed by atoms with van der Waals surface area (Å²) in [5.74, 6) is 1.64. The van der Waals surface area contributed by atoms with E-state index < -0.39 is 0 Å². The normalized spacial score (nSPS) is 15.9. The molecular weight excluding hydrogens is 432 g/mol. The minimum atomic E-state index is -0.125. The highest BCUT2D eigenvalue weighted by Crippen LogP contribution is 2.41. The van der Waals surface area contributed by atoms with E-state index in [9.17, 15) is 4.79 Å². The number of methoxy groups -OCH3 is 2. The Kier molecular flexibility index (Phi) is 5.93. The number of amides is 1. The summed E-state index contributed by atoms with van der Waals surface area (Å²) < 4.78 is 11.0. The minimum absolute atomic E-state index is 0.125. The topological polar surface area (TPSA) is 83.1 Å². The molecule has 2 aliphatic heterocycles. The standard InChI is InChI=1S/C25H28N6O3/c1-29-9-11-30(12-10-29)18-7-8-22(27-14-18)28-19-15-26-13-17-16-31(25(32)23(17)19)20-5-4-6-21(33-2)24(20)34-3/h4-8,13-15H,9-12,16H2,1-3H3,(H,27,28). The van der Waals surface area contributed by atoms with E-state index in [1.54, 1.807) is 31.5 Å². The largest absolute Gasteiger partial charge is 0.493 e. The number of nitrogens with one attached hydrogen (secondary N) is 1. The fraction of sp³-hybridized carbons (Fsp3) is 0.320. The molecule has 3 aromatic rings. The summed E-state index contributed by atoms with van der Waals surface area (Å²) in [7, 11) is 5.29. The summed E-state index contributed by atoms with van der Waals surface area (Å²) in [5.41, 5.74) is 3.82.